The van der Waals surface area contributed by atoms with Crippen molar-refractivity contribution < 1.29 is 0 Å². The van der Waals surface area contributed by atoms with Crippen molar-refractivity contribution in [1.82, 2.24) is 10.3 Å². The van der Waals surface area contributed by atoms with Crippen LogP contribution in [0.3, 0.4) is 0 Å². The molecule has 0 aromatic carbocycles. The average molecular weight is 294 g/mol. The Morgan fingerprint density at radius 2 is 2.05 bits per heavy atom. The molecule has 1 aliphatic heterocycles. The topological polar surface area (TPSA) is 28.2 Å². The second-order valence-electron chi connectivity index (χ2n) is 6.08. The molecule has 4 heteroatoms. The van der Waals surface area contributed by atoms with Gasteiger partial charge in [0.25, 0.3) is 0 Å². The first kappa shape index (κ1) is 14.2. The minimum absolute atomic E-state index is 0.702. The van der Waals surface area contributed by atoms with Gasteiger partial charge in [0.1, 0.15) is 5.82 Å². The molecule has 1 aromatic rings. The molecule has 0 bridgehead atoms. The van der Waals surface area contributed by atoms with Crippen molar-refractivity contribution in [3.05, 3.63) is 22.8 Å². The summed E-state index contributed by atoms with van der Waals surface area (Å²) in [6.45, 7) is 1.88. The first-order valence-corrected chi connectivity index (χ1v) is 8.24. The number of nitrogens with zero attached hydrogens (tertiary/aromatic N) is 2. The number of pyridine rings is 1. The van der Waals surface area contributed by atoms with Gasteiger partial charge in [0.2, 0.25) is 0 Å². The van der Waals surface area contributed by atoms with Crippen LogP contribution >= 0.6 is 11.6 Å². The van der Waals surface area contributed by atoms with Crippen LogP contribution in [0, 0.1) is 5.92 Å². The number of anilines is 1. The van der Waals surface area contributed by atoms with E-state index in [9.17, 15) is 0 Å². The SMILES string of the molecule is CNCc1nc(N2CCCC3CCCCC32)ccc1Cl. The Morgan fingerprint density at radius 3 is 2.90 bits per heavy atom. The molecule has 2 atom stereocenters. The van der Waals surface area contributed by atoms with E-state index in [1.54, 1.807) is 0 Å². The van der Waals surface area contributed by atoms with Crippen molar-refractivity contribution in [1.29, 1.82) is 0 Å². The van der Waals surface area contributed by atoms with Crippen LogP contribution < -0.4 is 10.2 Å². The number of hydrogen-bond acceptors (Lipinski definition) is 3. The number of aromatic nitrogens is 1. The van der Waals surface area contributed by atoms with E-state index in [1.165, 1.54) is 38.5 Å². The fourth-order valence-corrected chi connectivity index (χ4v) is 4.01. The van der Waals surface area contributed by atoms with Crippen molar-refractivity contribution in [3.63, 3.8) is 0 Å². The summed E-state index contributed by atoms with van der Waals surface area (Å²) in [6, 6.07) is 4.80. The summed E-state index contributed by atoms with van der Waals surface area (Å²) in [5.74, 6) is 2.00. The minimum atomic E-state index is 0.702. The van der Waals surface area contributed by atoms with Gasteiger partial charge >= 0.3 is 0 Å². The summed E-state index contributed by atoms with van der Waals surface area (Å²) < 4.78 is 0. The fourth-order valence-electron chi connectivity index (χ4n) is 3.83. The average Bonchev–Trinajstić information content (AvgIpc) is 2.49. The molecule has 3 nitrogen and oxygen atoms in total. The third-order valence-electron chi connectivity index (χ3n) is 4.79. The number of piperidine rings is 1. The van der Waals surface area contributed by atoms with Gasteiger partial charge < -0.3 is 10.2 Å². The van der Waals surface area contributed by atoms with Gasteiger partial charge in [0, 0.05) is 19.1 Å². The Balaban J connectivity index is 1.85. The normalized spacial score (nSPS) is 26.4. The van der Waals surface area contributed by atoms with E-state index < -0.39 is 0 Å². The highest BCUT2D eigenvalue weighted by molar-refractivity contribution is 6.31. The maximum Gasteiger partial charge on any atom is 0.129 e. The largest absolute Gasteiger partial charge is 0.353 e. The zero-order chi connectivity index (χ0) is 13.9. The van der Waals surface area contributed by atoms with E-state index in [2.05, 4.69) is 16.3 Å². The number of halogens is 1. The van der Waals surface area contributed by atoms with E-state index in [0.717, 1.165) is 35.5 Å². The molecular weight excluding hydrogens is 270 g/mol. The lowest BCUT2D eigenvalue weighted by atomic mass is 9.78. The molecule has 1 saturated carbocycles. The summed E-state index contributed by atoms with van der Waals surface area (Å²) in [4.78, 5) is 7.35. The predicted molar refractivity (Wildman–Crippen MR) is 84.3 cm³/mol. The molecule has 2 fully saturated rings. The molecule has 0 spiro atoms. The van der Waals surface area contributed by atoms with Gasteiger partial charge in [-0.1, -0.05) is 24.4 Å². The zero-order valence-electron chi connectivity index (χ0n) is 12.2. The van der Waals surface area contributed by atoms with Crippen molar-refractivity contribution in [3.8, 4) is 0 Å². The first-order chi connectivity index (χ1) is 9.79. The van der Waals surface area contributed by atoms with Crippen LogP contribution in [-0.2, 0) is 6.54 Å². The van der Waals surface area contributed by atoms with Crippen LogP contribution in [0.5, 0.6) is 0 Å². The lowest BCUT2D eigenvalue weighted by Gasteiger charge is -2.45. The summed E-state index contributed by atoms with van der Waals surface area (Å²) in [6.07, 6.45) is 8.21. The molecular formula is C16H24ClN3. The Bertz CT molecular complexity index is 461. The number of hydrogen-bond donors (Lipinski definition) is 1. The van der Waals surface area contributed by atoms with Gasteiger partial charge in [-0.2, -0.15) is 0 Å². The molecule has 2 unspecified atom stereocenters. The van der Waals surface area contributed by atoms with Crippen LogP contribution in [0.2, 0.25) is 5.02 Å². The van der Waals surface area contributed by atoms with Gasteiger partial charge in [-0.3, -0.25) is 0 Å². The molecule has 0 radical (unpaired) electrons. The molecule has 2 heterocycles. The van der Waals surface area contributed by atoms with Crippen molar-refractivity contribution in [2.24, 2.45) is 5.92 Å². The van der Waals surface area contributed by atoms with E-state index in [0.29, 0.717) is 6.04 Å². The van der Waals surface area contributed by atoms with Gasteiger partial charge in [0.05, 0.1) is 10.7 Å². The van der Waals surface area contributed by atoms with E-state index in [1.807, 2.05) is 13.1 Å². The maximum absolute atomic E-state index is 6.23. The quantitative estimate of drug-likeness (QED) is 0.923. The number of rotatable bonds is 3. The third-order valence-corrected chi connectivity index (χ3v) is 5.13. The summed E-state index contributed by atoms with van der Waals surface area (Å²) in [7, 11) is 1.93. The minimum Gasteiger partial charge on any atom is -0.353 e. The van der Waals surface area contributed by atoms with Crippen LogP contribution in [-0.4, -0.2) is 24.6 Å². The number of fused-ring (bicyclic) bond motifs is 1. The maximum atomic E-state index is 6.23. The molecule has 20 heavy (non-hydrogen) atoms. The Hall–Kier alpha value is -0.800. The first-order valence-electron chi connectivity index (χ1n) is 7.86. The number of nitrogens with one attached hydrogen (secondary N) is 1. The summed E-state index contributed by atoms with van der Waals surface area (Å²) in [5.41, 5.74) is 0.963. The lowest BCUT2D eigenvalue weighted by molar-refractivity contribution is 0.242. The third kappa shape index (κ3) is 2.79. The van der Waals surface area contributed by atoms with Crippen LogP contribution in [0.4, 0.5) is 5.82 Å². The van der Waals surface area contributed by atoms with Gasteiger partial charge in [-0.25, -0.2) is 4.98 Å². The molecule has 2 aliphatic rings. The van der Waals surface area contributed by atoms with E-state index >= 15 is 0 Å². The molecule has 1 saturated heterocycles. The molecule has 1 aliphatic carbocycles. The van der Waals surface area contributed by atoms with E-state index in [4.69, 9.17) is 16.6 Å². The zero-order valence-corrected chi connectivity index (χ0v) is 13.0. The highest BCUT2D eigenvalue weighted by Crippen LogP contribution is 2.37. The van der Waals surface area contributed by atoms with Gasteiger partial charge in [-0.05, 0) is 50.8 Å². The van der Waals surface area contributed by atoms with Crippen molar-refractivity contribution in [2.75, 3.05) is 18.5 Å². The van der Waals surface area contributed by atoms with Gasteiger partial charge in [0.15, 0.2) is 0 Å². The second kappa shape index (κ2) is 6.31. The van der Waals surface area contributed by atoms with Gasteiger partial charge in [-0.15, -0.1) is 0 Å². The Morgan fingerprint density at radius 1 is 1.25 bits per heavy atom. The standard InChI is InChI=1S/C16H24ClN3/c1-18-11-14-13(17)8-9-16(19-14)20-10-4-6-12-5-2-3-7-15(12)20/h8-9,12,15,18H,2-7,10-11H2,1H3. The Kier molecular flexibility index (Phi) is 4.47. The van der Waals surface area contributed by atoms with Crippen LogP contribution in [0.25, 0.3) is 0 Å². The monoisotopic (exact) mass is 293 g/mol. The molecule has 110 valence electrons. The fraction of sp³-hybridized carbons (Fsp3) is 0.688. The molecule has 1 aromatic heterocycles. The van der Waals surface area contributed by atoms with Crippen molar-refractivity contribution in [2.45, 2.75) is 51.1 Å². The highest BCUT2D eigenvalue weighted by Gasteiger charge is 2.33. The highest BCUT2D eigenvalue weighted by atomic mass is 35.5. The van der Waals surface area contributed by atoms with Crippen molar-refractivity contribution >= 4 is 17.4 Å². The van der Waals surface area contributed by atoms with Crippen LogP contribution in [0.15, 0.2) is 12.1 Å². The molecule has 3 rings (SSSR count). The Labute approximate surface area is 126 Å². The van der Waals surface area contributed by atoms with Crippen LogP contribution in [0.1, 0.15) is 44.2 Å². The second-order valence-corrected chi connectivity index (χ2v) is 6.48. The van der Waals surface area contributed by atoms with E-state index in [-0.39, 0.29) is 0 Å². The molecule has 0 amide bonds. The smallest absolute Gasteiger partial charge is 0.129 e. The molecule has 1 N–H and O–H groups in total. The summed E-state index contributed by atoms with van der Waals surface area (Å²) in [5, 5.41) is 3.91. The lowest BCUT2D eigenvalue weighted by Crippen LogP contribution is -2.47. The predicted octanol–water partition coefficient (Wildman–Crippen LogP) is 3.61. The summed E-state index contributed by atoms with van der Waals surface area (Å²) >= 11 is 6.23.